The third-order valence-corrected chi connectivity index (χ3v) is 2.83. The quantitative estimate of drug-likeness (QED) is 0.629. The van der Waals surface area contributed by atoms with Gasteiger partial charge in [-0.05, 0) is 6.07 Å². The van der Waals surface area contributed by atoms with E-state index in [2.05, 4.69) is 5.32 Å². The molecule has 0 unspecified atom stereocenters. The summed E-state index contributed by atoms with van der Waals surface area (Å²) < 4.78 is 10.7. The van der Waals surface area contributed by atoms with Crippen molar-refractivity contribution in [2.24, 2.45) is 0 Å². The third kappa shape index (κ3) is 3.36. The van der Waals surface area contributed by atoms with Crippen LogP contribution in [-0.2, 0) is 11.3 Å². The lowest BCUT2D eigenvalue weighted by Gasteiger charge is -2.04. The van der Waals surface area contributed by atoms with E-state index in [1.807, 2.05) is 0 Å². The molecule has 108 valence electrons. The van der Waals surface area contributed by atoms with Crippen molar-refractivity contribution in [2.75, 3.05) is 26.4 Å². The summed E-state index contributed by atoms with van der Waals surface area (Å²) in [5.74, 6) is -0.593. The molecule has 2 aromatic rings. The Morgan fingerprint density at radius 1 is 1.30 bits per heavy atom. The molecular weight excluding hydrogens is 262 g/mol. The molecule has 0 aliphatic heterocycles. The molecule has 2 rings (SSSR count). The van der Waals surface area contributed by atoms with E-state index in [9.17, 15) is 9.90 Å². The lowest BCUT2D eigenvalue weighted by molar-refractivity contribution is 0.0695. The number of fused-ring (bicyclic) bond motifs is 1. The van der Waals surface area contributed by atoms with E-state index in [-0.39, 0.29) is 12.2 Å². The molecule has 0 bridgehead atoms. The second kappa shape index (κ2) is 7.04. The summed E-state index contributed by atoms with van der Waals surface area (Å²) in [5.41, 5.74) is 0.766. The van der Waals surface area contributed by atoms with Crippen LogP contribution in [0.4, 0.5) is 0 Å². The number of aliphatic hydroxyl groups is 1. The van der Waals surface area contributed by atoms with E-state index >= 15 is 0 Å². The average Bonchev–Trinajstić information content (AvgIpc) is 2.81. The van der Waals surface area contributed by atoms with E-state index < -0.39 is 5.97 Å². The summed E-state index contributed by atoms with van der Waals surface area (Å²) in [7, 11) is 0. The Kier molecular flexibility index (Phi) is 5.11. The van der Waals surface area contributed by atoms with Crippen LogP contribution >= 0.6 is 0 Å². The molecule has 0 radical (unpaired) electrons. The molecule has 0 amide bonds. The second-order valence-electron chi connectivity index (χ2n) is 4.21. The molecule has 1 heterocycles. The molecule has 0 spiro atoms. The Morgan fingerprint density at radius 2 is 2.10 bits per heavy atom. The number of hydrogen-bond donors (Lipinski definition) is 3. The normalized spacial score (nSPS) is 11.1. The summed E-state index contributed by atoms with van der Waals surface area (Å²) in [6.45, 7) is 1.61. The highest BCUT2D eigenvalue weighted by Gasteiger charge is 2.19. The van der Waals surface area contributed by atoms with Gasteiger partial charge in [-0.1, -0.05) is 18.2 Å². The minimum Gasteiger partial charge on any atom is -0.478 e. The first-order valence-corrected chi connectivity index (χ1v) is 6.37. The fourth-order valence-corrected chi connectivity index (χ4v) is 1.97. The molecular formula is C14H17NO5. The molecule has 0 saturated carbocycles. The lowest BCUT2D eigenvalue weighted by atomic mass is 10.1. The van der Waals surface area contributed by atoms with E-state index in [1.54, 1.807) is 24.3 Å². The topological polar surface area (TPSA) is 91.9 Å². The monoisotopic (exact) mass is 279 g/mol. The predicted molar refractivity (Wildman–Crippen MR) is 72.8 cm³/mol. The van der Waals surface area contributed by atoms with Gasteiger partial charge < -0.3 is 24.7 Å². The first-order chi connectivity index (χ1) is 9.74. The Labute approximate surface area is 116 Å². The van der Waals surface area contributed by atoms with Crippen LogP contribution in [-0.4, -0.2) is 42.5 Å². The van der Waals surface area contributed by atoms with Gasteiger partial charge in [0.15, 0.2) is 0 Å². The molecule has 20 heavy (non-hydrogen) atoms. The van der Waals surface area contributed by atoms with Gasteiger partial charge in [-0.25, -0.2) is 4.79 Å². The number of carboxylic acid groups (broad SMARTS) is 1. The van der Waals surface area contributed by atoms with E-state index in [4.69, 9.17) is 14.3 Å². The van der Waals surface area contributed by atoms with Gasteiger partial charge in [-0.15, -0.1) is 0 Å². The van der Waals surface area contributed by atoms with Crippen LogP contribution in [0.5, 0.6) is 0 Å². The van der Waals surface area contributed by atoms with Gasteiger partial charge in [0.25, 0.3) is 0 Å². The van der Waals surface area contributed by atoms with Crippen LogP contribution in [0.2, 0.25) is 0 Å². The SMILES string of the molecule is O=C(O)c1c(CNCCOCCO)oc2ccccc12. The van der Waals surface area contributed by atoms with Crippen molar-refractivity contribution in [3.63, 3.8) is 0 Å². The summed E-state index contributed by atoms with van der Waals surface area (Å²) >= 11 is 0. The minimum absolute atomic E-state index is 0.00721. The lowest BCUT2D eigenvalue weighted by Crippen LogP contribution is -2.20. The molecule has 3 N–H and O–H groups in total. The fourth-order valence-electron chi connectivity index (χ4n) is 1.97. The summed E-state index contributed by atoms with van der Waals surface area (Å²) in [6, 6.07) is 7.06. The van der Waals surface area contributed by atoms with Crippen LogP contribution in [0.3, 0.4) is 0 Å². The van der Waals surface area contributed by atoms with Crippen LogP contribution < -0.4 is 5.32 Å². The van der Waals surface area contributed by atoms with Gasteiger partial charge in [0, 0.05) is 11.9 Å². The zero-order chi connectivity index (χ0) is 14.4. The van der Waals surface area contributed by atoms with Gasteiger partial charge in [0.05, 0.1) is 26.4 Å². The van der Waals surface area contributed by atoms with Crippen molar-refractivity contribution < 1.29 is 24.2 Å². The Morgan fingerprint density at radius 3 is 2.85 bits per heavy atom. The molecule has 0 aliphatic carbocycles. The number of ether oxygens (including phenoxy) is 1. The fraction of sp³-hybridized carbons (Fsp3) is 0.357. The van der Waals surface area contributed by atoms with Crippen molar-refractivity contribution in [1.29, 1.82) is 0 Å². The zero-order valence-corrected chi connectivity index (χ0v) is 11.0. The average molecular weight is 279 g/mol. The van der Waals surface area contributed by atoms with Gasteiger partial charge in [-0.2, -0.15) is 0 Å². The molecule has 1 aromatic heterocycles. The summed E-state index contributed by atoms with van der Waals surface area (Å²) in [5, 5.41) is 21.5. The van der Waals surface area contributed by atoms with Crippen LogP contribution in [0.25, 0.3) is 11.0 Å². The molecule has 1 aromatic carbocycles. The number of para-hydroxylation sites is 1. The van der Waals surface area contributed by atoms with Gasteiger partial charge in [0.2, 0.25) is 0 Å². The van der Waals surface area contributed by atoms with Gasteiger partial charge in [-0.3, -0.25) is 0 Å². The summed E-state index contributed by atoms with van der Waals surface area (Å²) in [6.07, 6.45) is 0. The van der Waals surface area contributed by atoms with E-state index in [1.165, 1.54) is 0 Å². The number of aliphatic hydroxyl groups excluding tert-OH is 1. The van der Waals surface area contributed by atoms with E-state index in [0.717, 1.165) is 0 Å². The Bertz CT molecular complexity index is 578. The smallest absolute Gasteiger partial charge is 0.339 e. The number of benzene rings is 1. The first-order valence-electron chi connectivity index (χ1n) is 6.37. The summed E-state index contributed by atoms with van der Waals surface area (Å²) in [4.78, 5) is 11.3. The number of hydrogen-bond acceptors (Lipinski definition) is 5. The number of carbonyl (C=O) groups is 1. The van der Waals surface area contributed by atoms with Crippen LogP contribution in [0.1, 0.15) is 16.1 Å². The highest BCUT2D eigenvalue weighted by atomic mass is 16.5. The molecule has 6 heteroatoms. The number of nitrogens with one attached hydrogen (secondary N) is 1. The van der Waals surface area contributed by atoms with Gasteiger partial charge >= 0.3 is 5.97 Å². The third-order valence-electron chi connectivity index (χ3n) is 2.83. The maximum atomic E-state index is 11.3. The predicted octanol–water partition coefficient (Wildman–Crippen LogP) is 1.23. The second-order valence-corrected chi connectivity index (χ2v) is 4.21. The van der Waals surface area contributed by atoms with Crippen LogP contribution in [0, 0.1) is 0 Å². The molecule has 0 atom stereocenters. The molecule has 0 saturated heterocycles. The van der Waals surface area contributed by atoms with Crippen molar-refractivity contribution in [3.05, 3.63) is 35.6 Å². The van der Waals surface area contributed by atoms with Crippen molar-refractivity contribution in [1.82, 2.24) is 5.32 Å². The number of aromatic carboxylic acids is 1. The van der Waals surface area contributed by atoms with E-state index in [0.29, 0.717) is 43.0 Å². The van der Waals surface area contributed by atoms with Gasteiger partial charge in [0.1, 0.15) is 16.9 Å². The minimum atomic E-state index is -0.997. The number of rotatable bonds is 8. The standard InChI is InChI=1S/C14H17NO5/c16-6-8-19-7-5-15-9-12-13(14(17)18)10-3-1-2-4-11(10)20-12/h1-4,15-16H,5-9H2,(H,17,18). The maximum absolute atomic E-state index is 11.3. The van der Waals surface area contributed by atoms with Crippen molar-refractivity contribution in [2.45, 2.75) is 6.54 Å². The highest BCUT2D eigenvalue weighted by molar-refractivity contribution is 6.03. The Hall–Kier alpha value is -1.89. The number of carboxylic acids is 1. The largest absolute Gasteiger partial charge is 0.478 e. The molecule has 6 nitrogen and oxygen atoms in total. The molecule has 0 fully saturated rings. The highest BCUT2D eigenvalue weighted by Crippen LogP contribution is 2.25. The zero-order valence-electron chi connectivity index (χ0n) is 11.0. The number of furan rings is 1. The van der Waals surface area contributed by atoms with Crippen molar-refractivity contribution >= 4 is 16.9 Å². The first kappa shape index (κ1) is 14.5. The van der Waals surface area contributed by atoms with Crippen molar-refractivity contribution in [3.8, 4) is 0 Å². The Balaban J connectivity index is 2.02. The molecule has 0 aliphatic rings. The van der Waals surface area contributed by atoms with Crippen LogP contribution in [0.15, 0.2) is 28.7 Å². The maximum Gasteiger partial charge on any atom is 0.339 e.